The van der Waals surface area contributed by atoms with E-state index in [1.807, 2.05) is 13.0 Å². The van der Waals surface area contributed by atoms with E-state index in [2.05, 4.69) is 15.2 Å². The third-order valence-corrected chi connectivity index (χ3v) is 3.88. The van der Waals surface area contributed by atoms with Gasteiger partial charge in [-0.25, -0.2) is 4.39 Å². The van der Waals surface area contributed by atoms with Crippen molar-refractivity contribution in [3.63, 3.8) is 0 Å². The maximum atomic E-state index is 13.2. The molecule has 0 aliphatic carbocycles. The molecule has 2 atom stereocenters. The summed E-state index contributed by atoms with van der Waals surface area (Å²) in [6.45, 7) is 2.57. The maximum Gasteiger partial charge on any atom is 0.255 e. The first-order valence-corrected chi connectivity index (χ1v) is 7.11. The maximum absolute atomic E-state index is 13.2. The highest BCUT2D eigenvalue weighted by Crippen LogP contribution is 2.22. The van der Waals surface area contributed by atoms with Crippen molar-refractivity contribution in [1.29, 1.82) is 0 Å². The van der Waals surface area contributed by atoms with Crippen molar-refractivity contribution in [2.24, 2.45) is 5.92 Å². The molecule has 6 nitrogen and oxygen atoms in total. The average molecular weight is 304 g/mol. The van der Waals surface area contributed by atoms with Crippen LogP contribution in [0, 0.1) is 18.7 Å². The fourth-order valence-electron chi connectivity index (χ4n) is 2.78. The number of rotatable bonds is 3. The number of β-amino-alcohol motifs (C(OH)–C–C–N with tert-alkyl or cyclic N) is 1. The van der Waals surface area contributed by atoms with Crippen LogP contribution in [0.5, 0.6) is 0 Å². The zero-order valence-electron chi connectivity index (χ0n) is 12.2. The van der Waals surface area contributed by atoms with Crippen LogP contribution in [0.2, 0.25) is 0 Å². The number of pyridine rings is 1. The number of nitrogens with one attached hydrogen (secondary N) is 1. The SMILES string of the molecule is Cc1cc(C[C@@H]2CN(C(=O)c3cncc(F)c3)C[C@@H]2O)n[nH]1. The van der Waals surface area contributed by atoms with Gasteiger partial charge in [0.05, 0.1) is 23.6 Å². The van der Waals surface area contributed by atoms with Crippen LogP contribution in [0.1, 0.15) is 21.7 Å². The van der Waals surface area contributed by atoms with Gasteiger partial charge >= 0.3 is 0 Å². The summed E-state index contributed by atoms with van der Waals surface area (Å²) in [4.78, 5) is 17.6. The van der Waals surface area contributed by atoms with Crippen molar-refractivity contribution in [1.82, 2.24) is 20.1 Å². The Balaban J connectivity index is 1.68. The summed E-state index contributed by atoms with van der Waals surface area (Å²) in [6.07, 6.45) is 2.37. The summed E-state index contributed by atoms with van der Waals surface area (Å²) >= 11 is 0. The number of hydrogen-bond donors (Lipinski definition) is 2. The summed E-state index contributed by atoms with van der Waals surface area (Å²) in [7, 11) is 0. The Labute approximate surface area is 127 Å². The average Bonchev–Trinajstić information content (AvgIpc) is 3.05. The first-order valence-electron chi connectivity index (χ1n) is 7.11. The number of H-pyrrole nitrogens is 1. The Morgan fingerprint density at radius 1 is 1.45 bits per heavy atom. The molecule has 1 aliphatic heterocycles. The molecule has 1 saturated heterocycles. The molecule has 0 bridgehead atoms. The molecule has 7 heteroatoms. The normalized spacial score (nSPS) is 21.3. The van der Waals surface area contributed by atoms with E-state index >= 15 is 0 Å². The molecule has 2 N–H and O–H groups in total. The molecule has 2 aromatic heterocycles. The largest absolute Gasteiger partial charge is 0.391 e. The van der Waals surface area contributed by atoms with Gasteiger partial charge in [-0.1, -0.05) is 0 Å². The number of nitrogens with zero attached hydrogens (tertiary/aromatic N) is 3. The van der Waals surface area contributed by atoms with E-state index in [0.29, 0.717) is 13.0 Å². The molecular weight excluding hydrogens is 287 g/mol. The smallest absolute Gasteiger partial charge is 0.255 e. The molecule has 0 spiro atoms. The second kappa shape index (κ2) is 5.84. The zero-order valence-corrected chi connectivity index (χ0v) is 12.2. The molecule has 1 amide bonds. The van der Waals surface area contributed by atoms with Crippen molar-refractivity contribution >= 4 is 5.91 Å². The minimum Gasteiger partial charge on any atom is -0.391 e. The highest BCUT2D eigenvalue weighted by Gasteiger charge is 2.34. The van der Waals surface area contributed by atoms with E-state index in [0.717, 1.165) is 23.7 Å². The molecule has 0 unspecified atom stereocenters. The van der Waals surface area contributed by atoms with Crippen LogP contribution in [0.4, 0.5) is 4.39 Å². The lowest BCUT2D eigenvalue weighted by atomic mass is 10.0. The van der Waals surface area contributed by atoms with Crippen LogP contribution >= 0.6 is 0 Å². The third kappa shape index (κ3) is 2.99. The molecule has 22 heavy (non-hydrogen) atoms. The molecule has 1 fully saturated rings. The standard InChI is InChI=1S/C15H17FN4O2/c1-9-2-13(19-18-9)4-11-7-20(8-14(11)21)15(22)10-3-12(16)6-17-5-10/h2-3,5-6,11,14,21H,4,7-8H2,1H3,(H,18,19)/t11-,14+/m1/s1. The Morgan fingerprint density at radius 3 is 2.95 bits per heavy atom. The van der Waals surface area contributed by atoms with Crippen LogP contribution in [0.25, 0.3) is 0 Å². The van der Waals surface area contributed by atoms with Crippen LogP contribution in [0.3, 0.4) is 0 Å². The monoisotopic (exact) mass is 304 g/mol. The number of carbonyl (C=O) groups is 1. The number of amides is 1. The van der Waals surface area contributed by atoms with Gasteiger partial charge in [-0.15, -0.1) is 0 Å². The Hall–Kier alpha value is -2.28. The van der Waals surface area contributed by atoms with Gasteiger partial charge in [-0.2, -0.15) is 5.10 Å². The molecule has 3 heterocycles. The zero-order chi connectivity index (χ0) is 15.7. The number of aliphatic hydroxyl groups excluding tert-OH is 1. The van der Waals surface area contributed by atoms with Crippen LogP contribution in [-0.4, -0.2) is 50.3 Å². The molecule has 2 aromatic rings. The van der Waals surface area contributed by atoms with E-state index < -0.39 is 11.9 Å². The summed E-state index contributed by atoms with van der Waals surface area (Å²) in [5, 5.41) is 17.2. The second-order valence-corrected chi connectivity index (χ2v) is 5.68. The van der Waals surface area contributed by atoms with Crippen molar-refractivity contribution in [3.05, 3.63) is 47.3 Å². The molecular formula is C15H17FN4O2. The molecule has 3 rings (SSSR count). The Bertz CT molecular complexity index is 688. The predicted molar refractivity (Wildman–Crippen MR) is 76.6 cm³/mol. The van der Waals surface area contributed by atoms with E-state index in [9.17, 15) is 14.3 Å². The number of hydrogen-bond acceptors (Lipinski definition) is 4. The van der Waals surface area contributed by atoms with Gasteiger partial charge in [0.25, 0.3) is 5.91 Å². The molecule has 116 valence electrons. The number of halogens is 1. The molecule has 1 aliphatic rings. The molecule has 0 aromatic carbocycles. The van der Waals surface area contributed by atoms with Gasteiger partial charge in [-0.3, -0.25) is 14.9 Å². The lowest BCUT2D eigenvalue weighted by molar-refractivity contribution is 0.0763. The number of likely N-dealkylation sites (tertiary alicyclic amines) is 1. The number of aliphatic hydroxyl groups is 1. The van der Waals surface area contributed by atoms with Crippen molar-refractivity contribution < 1.29 is 14.3 Å². The lowest BCUT2D eigenvalue weighted by Crippen LogP contribution is -2.29. The lowest BCUT2D eigenvalue weighted by Gasteiger charge is -2.15. The first-order chi connectivity index (χ1) is 10.5. The number of carbonyl (C=O) groups excluding carboxylic acids is 1. The highest BCUT2D eigenvalue weighted by atomic mass is 19.1. The Morgan fingerprint density at radius 2 is 2.27 bits per heavy atom. The van der Waals surface area contributed by atoms with Gasteiger partial charge in [0.1, 0.15) is 5.82 Å². The molecule has 0 saturated carbocycles. The minimum atomic E-state index is -0.609. The first kappa shape index (κ1) is 14.6. The van der Waals surface area contributed by atoms with Crippen molar-refractivity contribution in [3.8, 4) is 0 Å². The number of aromatic nitrogens is 3. The van der Waals surface area contributed by atoms with Gasteiger partial charge in [0, 0.05) is 30.9 Å². The summed E-state index contributed by atoms with van der Waals surface area (Å²) in [6, 6.07) is 3.08. The van der Waals surface area contributed by atoms with E-state index in [1.165, 1.54) is 11.1 Å². The summed E-state index contributed by atoms with van der Waals surface area (Å²) in [5.41, 5.74) is 2.02. The van der Waals surface area contributed by atoms with Gasteiger partial charge in [0.15, 0.2) is 0 Å². The topological polar surface area (TPSA) is 82.1 Å². The van der Waals surface area contributed by atoms with Gasteiger partial charge in [-0.05, 0) is 25.5 Å². The van der Waals surface area contributed by atoms with E-state index in [4.69, 9.17) is 0 Å². The van der Waals surface area contributed by atoms with Crippen molar-refractivity contribution in [2.75, 3.05) is 13.1 Å². The van der Waals surface area contributed by atoms with Gasteiger partial charge in [0.2, 0.25) is 0 Å². The fraction of sp³-hybridized carbons (Fsp3) is 0.400. The molecule has 0 radical (unpaired) electrons. The van der Waals surface area contributed by atoms with Crippen LogP contribution in [0.15, 0.2) is 24.5 Å². The third-order valence-electron chi connectivity index (χ3n) is 3.88. The quantitative estimate of drug-likeness (QED) is 0.884. The van der Waals surface area contributed by atoms with Gasteiger partial charge < -0.3 is 10.0 Å². The summed E-state index contributed by atoms with van der Waals surface area (Å²) < 4.78 is 13.2. The van der Waals surface area contributed by atoms with E-state index in [-0.39, 0.29) is 23.9 Å². The number of aromatic amines is 1. The predicted octanol–water partition coefficient (Wildman–Crippen LogP) is 0.928. The number of aryl methyl sites for hydroxylation is 1. The van der Waals surface area contributed by atoms with Crippen molar-refractivity contribution in [2.45, 2.75) is 19.4 Å². The fourth-order valence-corrected chi connectivity index (χ4v) is 2.78. The Kier molecular flexibility index (Phi) is 3.89. The highest BCUT2D eigenvalue weighted by molar-refractivity contribution is 5.94. The summed E-state index contributed by atoms with van der Waals surface area (Å²) in [5.74, 6) is -0.936. The van der Waals surface area contributed by atoms with Crippen LogP contribution in [-0.2, 0) is 6.42 Å². The second-order valence-electron chi connectivity index (χ2n) is 5.68. The van der Waals surface area contributed by atoms with E-state index in [1.54, 1.807) is 0 Å². The van der Waals surface area contributed by atoms with Crippen LogP contribution < -0.4 is 0 Å². The minimum absolute atomic E-state index is 0.0758.